The summed E-state index contributed by atoms with van der Waals surface area (Å²) in [5, 5.41) is 8.81. The van der Waals surface area contributed by atoms with Crippen LogP contribution in [0, 0.1) is 11.3 Å². The van der Waals surface area contributed by atoms with Crippen LogP contribution in [0.15, 0.2) is 34.1 Å². The van der Waals surface area contributed by atoms with Crippen molar-refractivity contribution in [2.75, 3.05) is 6.26 Å². The van der Waals surface area contributed by atoms with Crippen molar-refractivity contribution in [1.29, 1.82) is 5.26 Å². The van der Waals surface area contributed by atoms with Crippen LogP contribution in [0.4, 0.5) is 0 Å². The van der Waals surface area contributed by atoms with Crippen molar-refractivity contribution >= 4 is 21.8 Å². The van der Waals surface area contributed by atoms with Gasteiger partial charge in [-0.25, -0.2) is 8.42 Å². The molecule has 0 bridgehead atoms. The SMILES string of the molecule is CSc1ccc(S(=O)(=O)NC(C)(C)C#N)cc1. The summed E-state index contributed by atoms with van der Waals surface area (Å²) < 4.78 is 26.2. The minimum Gasteiger partial charge on any atom is -0.207 e. The lowest BCUT2D eigenvalue weighted by atomic mass is 10.1. The molecule has 0 aliphatic carbocycles. The summed E-state index contributed by atoms with van der Waals surface area (Å²) in [6, 6.07) is 8.42. The van der Waals surface area contributed by atoms with Gasteiger partial charge in [0, 0.05) is 4.90 Å². The van der Waals surface area contributed by atoms with Gasteiger partial charge in [0.25, 0.3) is 0 Å². The zero-order valence-corrected chi connectivity index (χ0v) is 11.5. The Labute approximate surface area is 106 Å². The summed E-state index contributed by atoms with van der Waals surface area (Å²) in [6.45, 7) is 3.03. The van der Waals surface area contributed by atoms with E-state index in [9.17, 15) is 8.42 Å². The first-order valence-electron chi connectivity index (χ1n) is 4.90. The predicted octanol–water partition coefficient (Wildman–Crippen LogP) is 1.99. The highest BCUT2D eigenvalue weighted by Gasteiger charge is 2.25. The fraction of sp³-hybridized carbons (Fsp3) is 0.364. The van der Waals surface area contributed by atoms with Gasteiger partial charge in [-0.3, -0.25) is 0 Å². The van der Waals surface area contributed by atoms with E-state index in [1.54, 1.807) is 12.1 Å². The van der Waals surface area contributed by atoms with E-state index in [0.717, 1.165) is 4.90 Å². The van der Waals surface area contributed by atoms with Crippen LogP contribution in [-0.2, 0) is 10.0 Å². The second-order valence-electron chi connectivity index (χ2n) is 4.02. The number of benzene rings is 1. The highest BCUT2D eigenvalue weighted by Crippen LogP contribution is 2.18. The quantitative estimate of drug-likeness (QED) is 0.849. The van der Waals surface area contributed by atoms with Crippen molar-refractivity contribution in [2.24, 2.45) is 0 Å². The third kappa shape index (κ3) is 3.73. The second-order valence-corrected chi connectivity index (χ2v) is 6.58. The van der Waals surface area contributed by atoms with Crippen LogP contribution in [0.3, 0.4) is 0 Å². The predicted molar refractivity (Wildman–Crippen MR) is 68.2 cm³/mol. The summed E-state index contributed by atoms with van der Waals surface area (Å²) in [4.78, 5) is 1.15. The summed E-state index contributed by atoms with van der Waals surface area (Å²) in [5.41, 5.74) is -1.11. The van der Waals surface area contributed by atoms with E-state index in [1.807, 2.05) is 12.3 Å². The molecule has 1 aromatic carbocycles. The molecule has 1 N–H and O–H groups in total. The Kier molecular flexibility index (Phi) is 4.20. The Morgan fingerprint density at radius 3 is 2.24 bits per heavy atom. The molecule has 0 amide bonds. The van der Waals surface area contributed by atoms with E-state index in [0.29, 0.717) is 0 Å². The standard InChI is InChI=1S/C11H14N2O2S2/c1-11(2,8-12)13-17(14,15)10-6-4-9(16-3)5-7-10/h4-7,13H,1-3H3. The third-order valence-electron chi connectivity index (χ3n) is 2.04. The van der Waals surface area contributed by atoms with Gasteiger partial charge in [-0.05, 0) is 44.4 Å². The van der Waals surface area contributed by atoms with Gasteiger partial charge in [-0.1, -0.05) is 0 Å². The molecule has 6 heteroatoms. The van der Waals surface area contributed by atoms with Crippen LogP contribution in [0.2, 0.25) is 0 Å². The van der Waals surface area contributed by atoms with Crippen molar-refractivity contribution in [1.82, 2.24) is 4.72 Å². The molecule has 0 unspecified atom stereocenters. The van der Waals surface area contributed by atoms with Gasteiger partial charge in [0.1, 0.15) is 5.54 Å². The smallest absolute Gasteiger partial charge is 0.207 e. The first-order valence-corrected chi connectivity index (χ1v) is 7.61. The molecule has 0 heterocycles. The summed E-state index contributed by atoms with van der Waals surface area (Å²) in [7, 11) is -3.64. The molecule has 17 heavy (non-hydrogen) atoms. The molecular weight excluding hydrogens is 256 g/mol. The number of nitrogens with one attached hydrogen (secondary N) is 1. The maximum atomic E-state index is 11.9. The first kappa shape index (κ1) is 14.0. The third-order valence-corrected chi connectivity index (χ3v) is 4.45. The van der Waals surface area contributed by atoms with Gasteiger partial charge < -0.3 is 0 Å². The molecule has 0 saturated carbocycles. The molecule has 1 rings (SSSR count). The maximum Gasteiger partial charge on any atom is 0.241 e. The largest absolute Gasteiger partial charge is 0.241 e. The van der Waals surface area contributed by atoms with E-state index in [4.69, 9.17) is 5.26 Å². The van der Waals surface area contributed by atoms with Crippen LogP contribution >= 0.6 is 11.8 Å². The Morgan fingerprint density at radius 1 is 1.29 bits per heavy atom. The summed E-state index contributed by atoms with van der Waals surface area (Å²) >= 11 is 1.54. The number of hydrogen-bond acceptors (Lipinski definition) is 4. The van der Waals surface area contributed by atoms with Crippen LogP contribution in [-0.4, -0.2) is 20.2 Å². The zero-order chi connectivity index (χ0) is 13.1. The van der Waals surface area contributed by atoms with Crippen LogP contribution in [0.1, 0.15) is 13.8 Å². The van der Waals surface area contributed by atoms with E-state index < -0.39 is 15.6 Å². The summed E-state index contributed by atoms with van der Waals surface area (Å²) in [6.07, 6.45) is 1.92. The molecule has 0 saturated heterocycles. The first-order chi connectivity index (χ1) is 7.80. The number of thioether (sulfide) groups is 1. The second kappa shape index (κ2) is 5.08. The topological polar surface area (TPSA) is 70.0 Å². The number of rotatable bonds is 4. The van der Waals surface area contributed by atoms with Crippen LogP contribution in [0.5, 0.6) is 0 Å². The van der Waals surface area contributed by atoms with Crippen molar-refractivity contribution in [3.05, 3.63) is 24.3 Å². The van der Waals surface area contributed by atoms with Crippen LogP contribution < -0.4 is 4.72 Å². The molecule has 0 aromatic heterocycles. The molecule has 92 valence electrons. The van der Waals surface area contributed by atoms with Gasteiger partial charge in [0.2, 0.25) is 10.0 Å². The monoisotopic (exact) mass is 270 g/mol. The minimum atomic E-state index is -3.64. The summed E-state index contributed by atoms with van der Waals surface area (Å²) in [5.74, 6) is 0. The molecule has 0 radical (unpaired) electrons. The highest BCUT2D eigenvalue weighted by molar-refractivity contribution is 7.98. The van der Waals surface area contributed by atoms with E-state index in [2.05, 4.69) is 4.72 Å². The lowest BCUT2D eigenvalue weighted by molar-refractivity contribution is 0.535. The maximum absolute atomic E-state index is 11.9. The molecule has 1 aromatic rings. The lowest BCUT2D eigenvalue weighted by Crippen LogP contribution is -2.41. The molecule has 0 aliphatic heterocycles. The molecular formula is C11H14N2O2S2. The Balaban J connectivity index is 3.02. The highest BCUT2D eigenvalue weighted by atomic mass is 32.2. The molecule has 0 fully saturated rings. The van der Waals surface area contributed by atoms with Crippen molar-refractivity contribution < 1.29 is 8.42 Å². The van der Waals surface area contributed by atoms with Crippen molar-refractivity contribution in [3.8, 4) is 6.07 Å². The number of sulfonamides is 1. The minimum absolute atomic E-state index is 0.165. The fourth-order valence-electron chi connectivity index (χ4n) is 1.17. The van der Waals surface area contributed by atoms with Gasteiger partial charge in [-0.15, -0.1) is 11.8 Å². The van der Waals surface area contributed by atoms with E-state index in [1.165, 1.54) is 37.7 Å². The van der Waals surface area contributed by atoms with Crippen molar-refractivity contribution in [2.45, 2.75) is 29.2 Å². The molecule has 0 spiro atoms. The van der Waals surface area contributed by atoms with Crippen molar-refractivity contribution in [3.63, 3.8) is 0 Å². The van der Waals surface area contributed by atoms with Gasteiger partial charge in [0.15, 0.2) is 0 Å². The number of nitriles is 1. The molecule has 0 aliphatic rings. The van der Waals surface area contributed by atoms with Gasteiger partial charge in [-0.2, -0.15) is 9.98 Å². The molecule has 0 atom stereocenters. The Bertz CT molecular complexity index is 528. The Morgan fingerprint density at radius 2 is 1.82 bits per heavy atom. The van der Waals surface area contributed by atoms with Gasteiger partial charge in [0.05, 0.1) is 11.0 Å². The normalized spacial score (nSPS) is 12.1. The lowest BCUT2D eigenvalue weighted by Gasteiger charge is -2.17. The average molecular weight is 270 g/mol. The van der Waals surface area contributed by atoms with E-state index in [-0.39, 0.29) is 4.90 Å². The van der Waals surface area contributed by atoms with Gasteiger partial charge >= 0.3 is 0 Å². The molecule has 4 nitrogen and oxygen atoms in total. The van der Waals surface area contributed by atoms with E-state index >= 15 is 0 Å². The zero-order valence-electron chi connectivity index (χ0n) is 9.89. The fourth-order valence-corrected chi connectivity index (χ4v) is 2.91. The number of nitrogens with zero attached hydrogens (tertiary/aromatic N) is 1. The average Bonchev–Trinajstić information content (AvgIpc) is 2.28. The number of hydrogen-bond donors (Lipinski definition) is 1. The van der Waals surface area contributed by atoms with Crippen LogP contribution in [0.25, 0.3) is 0 Å². The Hall–Kier alpha value is -1.03.